The van der Waals surface area contributed by atoms with Crippen LogP contribution < -0.4 is 16.0 Å². The number of guanidine groups is 1. The van der Waals surface area contributed by atoms with Gasteiger partial charge in [-0.1, -0.05) is 24.3 Å². The molecular weight excluding hydrogens is 288 g/mol. The van der Waals surface area contributed by atoms with E-state index in [2.05, 4.69) is 40.0 Å². The lowest BCUT2D eigenvalue weighted by molar-refractivity contribution is -0.121. The van der Waals surface area contributed by atoms with Gasteiger partial charge in [-0.3, -0.25) is 4.79 Å². The zero-order chi connectivity index (χ0) is 16.5. The molecule has 3 N–H and O–H groups in total. The van der Waals surface area contributed by atoms with Gasteiger partial charge in [0.2, 0.25) is 5.91 Å². The number of hydrogen-bond donors (Lipinski definition) is 3. The van der Waals surface area contributed by atoms with E-state index in [0.717, 1.165) is 38.3 Å². The van der Waals surface area contributed by atoms with Gasteiger partial charge in [0, 0.05) is 25.6 Å². The smallest absolute Gasteiger partial charge is 0.220 e. The van der Waals surface area contributed by atoms with Crippen LogP contribution in [0.4, 0.5) is 0 Å². The van der Waals surface area contributed by atoms with E-state index in [1.54, 1.807) is 0 Å². The Bertz CT molecular complexity index is 538. The molecular formula is C18H28N4O. The number of amides is 1. The highest BCUT2D eigenvalue weighted by Gasteiger charge is 2.22. The molecule has 1 fully saturated rings. The fourth-order valence-electron chi connectivity index (χ4n) is 2.28. The normalized spacial score (nSPS) is 14.4. The van der Waals surface area contributed by atoms with Crippen molar-refractivity contribution in [2.75, 3.05) is 13.1 Å². The van der Waals surface area contributed by atoms with Gasteiger partial charge in [0.25, 0.3) is 0 Å². The van der Waals surface area contributed by atoms with Gasteiger partial charge in [0.05, 0.1) is 6.54 Å². The summed E-state index contributed by atoms with van der Waals surface area (Å²) in [6.45, 7) is 6.38. The highest BCUT2D eigenvalue weighted by atomic mass is 16.1. The molecule has 0 bridgehead atoms. The summed E-state index contributed by atoms with van der Waals surface area (Å²) in [5.41, 5.74) is 2.48. The second-order valence-electron chi connectivity index (χ2n) is 5.99. The van der Waals surface area contributed by atoms with Crippen LogP contribution in [0, 0.1) is 6.92 Å². The Labute approximate surface area is 139 Å². The van der Waals surface area contributed by atoms with Gasteiger partial charge in [-0.2, -0.15) is 0 Å². The largest absolute Gasteiger partial charge is 0.357 e. The first kappa shape index (κ1) is 17.3. The van der Waals surface area contributed by atoms with Crippen LogP contribution >= 0.6 is 0 Å². The molecule has 0 aromatic heterocycles. The number of rotatable bonds is 8. The summed E-state index contributed by atoms with van der Waals surface area (Å²) in [7, 11) is 0. The molecule has 126 valence electrons. The highest BCUT2D eigenvalue weighted by Crippen LogP contribution is 2.18. The summed E-state index contributed by atoms with van der Waals surface area (Å²) in [5, 5.41) is 9.54. The second-order valence-corrected chi connectivity index (χ2v) is 5.99. The molecule has 1 aliphatic rings. The number of carbonyl (C=O) groups excluding carboxylic acids is 1. The lowest BCUT2D eigenvalue weighted by Gasteiger charge is -2.11. The Balaban J connectivity index is 1.72. The van der Waals surface area contributed by atoms with Crippen molar-refractivity contribution in [2.45, 2.75) is 52.1 Å². The molecule has 5 heteroatoms. The Morgan fingerprint density at radius 2 is 2.04 bits per heavy atom. The average molecular weight is 316 g/mol. The van der Waals surface area contributed by atoms with Gasteiger partial charge in [0.1, 0.15) is 0 Å². The zero-order valence-corrected chi connectivity index (χ0v) is 14.2. The Hall–Kier alpha value is -2.04. The molecule has 0 heterocycles. The van der Waals surface area contributed by atoms with Crippen LogP contribution in [-0.2, 0) is 11.3 Å². The monoisotopic (exact) mass is 316 g/mol. The topological polar surface area (TPSA) is 65.5 Å². The minimum atomic E-state index is 0.163. The van der Waals surface area contributed by atoms with Crippen molar-refractivity contribution in [3.63, 3.8) is 0 Å². The maximum absolute atomic E-state index is 11.6. The van der Waals surface area contributed by atoms with E-state index < -0.39 is 0 Å². The van der Waals surface area contributed by atoms with Crippen molar-refractivity contribution in [2.24, 2.45) is 4.99 Å². The fraction of sp³-hybridized carbons (Fsp3) is 0.556. The van der Waals surface area contributed by atoms with Crippen LogP contribution in [0.5, 0.6) is 0 Å². The predicted molar refractivity (Wildman–Crippen MR) is 94.4 cm³/mol. The number of carbonyl (C=O) groups is 1. The molecule has 1 aromatic rings. The number of nitrogens with one attached hydrogen (secondary N) is 3. The molecule has 2 rings (SSSR count). The van der Waals surface area contributed by atoms with Crippen LogP contribution in [0.3, 0.4) is 0 Å². The number of hydrogen-bond acceptors (Lipinski definition) is 2. The molecule has 0 saturated heterocycles. The van der Waals surface area contributed by atoms with E-state index in [0.29, 0.717) is 19.0 Å². The minimum Gasteiger partial charge on any atom is -0.357 e. The average Bonchev–Trinajstić information content (AvgIpc) is 3.34. The molecule has 0 spiro atoms. The molecule has 0 radical (unpaired) electrons. The van der Waals surface area contributed by atoms with Gasteiger partial charge < -0.3 is 16.0 Å². The Morgan fingerprint density at radius 3 is 2.74 bits per heavy atom. The van der Waals surface area contributed by atoms with Crippen LogP contribution in [0.25, 0.3) is 0 Å². The summed E-state index contributed by atoms with van der Waals surface area (Å²) in [6.07, 6.45) is 3.66. The lowest BCUT2D eigenvalue weighted by Crippen LogP contribution is -2.38. The summed E-state index contributed by atoms with van der Waals surface area (Å²) < 4.78 is 0. The van der Waals surface area contributed by atoms with Crippen molar-refractivity contribution >= 4 is 11.9 Å². The lowest BCUT2D eigenvalue weighted by atomic mass is 10.1. The maximum Gasteiger partial charge on any atom is 0.220 e. The zero-order valence-electron chi connectivity index (χ0n) is 14.2. The second kappa shape index (κ2) is 9.18. The molecule has 1 aliphatic carbocycles. The van der Waals surface area contributed by atoms with Crippen molar-refractivity contribution in [3.8, 4) is 0 Å². The van der Waals surface area contributed by atoms with Gasteiger partial charge in [0.15, 0.2) is 5.96 Å². The summed E-state index contributed by atoms with van der Waals surface area (Å²) in [4.78, 5) is 16.2. The van der Waals surface area contributed by atoms with Crippen molar-refractivity contribution in [1.82, 2.24) is 16.0 Å². The third kappa shape index (κ3) is 6.72. The van der Waals surface area contributed by atoms with Crippen molar-refractivity contribution in [3.05, 3.63) is 35.4 Å². The van der Waals surface area contributed by atoms with E-state index in [9.17, 15) is 4.79 Å². The van der Waals surface area contributed by atoms with Gasteiger partial charge >= 0.3 is 0 Å². The molecule has 1 amide bonds. The van der Waals surface area contributed by atoms with E-state index in [4.69, 9.17) is 0 Å². The molecule has 1 aromatic carbocycles. The third-order valence-electron chi connectivity index (χ3n) is 3.83. The summed E-state index contributed by atoms with van der Waals surface area (Å²) in [5.74, 6) is 0.967. The van der Waals surface area contributed by atoms with E-state index in [1.807, 2.05) is 19.1 Å². The highest BCUT2D eigenvalue weighted by molar-refractivity contribution is 5.80. The van der Waals surface area contributed by atoms with Crippen LogP contribution in [0.2, 0.25) is 0 Å². The first-order valence-electron chi connectivity index (χ1n) is 8.55. The number of nitrogens with zero attached hydrogens (tertiary/aromatic N) is 1. The van der Waals surface area contributed by atoms with Gasteiger partial charge in [-0.25, -0.2) is 4.99 Å². The molecule has 5 nitrogen and oxygen atoms in total. The van der Waals surface area contributed by atoms with E-state index in [1.165, 1.54) is 11.1 Å². The predicted octanol–water partition coefficient (Wildman–Crippen LogP) is 2.11. The SMILES string of the molecule is CCNC(=NCc1ccccc1C)NCCCC(=O)NC1CC1. The van der Waals surface area contributed by atoms with Crippen LogP contribution in [0.15, 0.2) is 29.3 Å². The first-order chi connectivity index (χ1) is 11.2. The number of aliphatic imine (C=N–C) groups is 1. The molecule has 1 saturated carbocycles. The number of benzene rings is 1. The van der Waals surface area contributed by atoms with Crippen molar-refractivity contribution < 1.29 is 4.79 Å². The summed E-state index contributed by atoms with van der Waals surface area (Å²) >= 11 is 0. The van der Waals surface area contributed by atoms with Gasteiger partial charge in [-0.05, 0) is 44.2 Å². The van der Waals surface area contributed by atoms with Gasteiger partial charge in [-0.15, -0.1) is 0 Å². The molecule has 23 heavy (non-hydrogen) atoms. The molecule has 0 unspecified atom stereocenters. The Morgan fingerprint density at radius 1 is 1.26 bits per heavy atom. The number of aryl methyl sites for hydroxylation is 1. The third-order valence-corrected chi connectivity index (χ3v) is 3.83. The van der Waals surface area contributed by atoms with E-state index >= 15 is 0 Å². The first-order valence-corrected chi connectivity index (χ1v) is 8.55. The molecule has 0 aliphatic heterocycles. The van der Waals surface area contributed by atoms with Crippen LogP contribution in [-0.4, -0.2) is 31.0 Å². The maximum atomic E-state index is 11.6. The summed E-state index contributed by atoms with van der Waals surface area (Å²) in [6, 6.07) is 8.73. The van der Waals surface area contributed by atoms with Crippen molar-refractivity contribution in [1.29, 1.82) is 0 Å². The van der Waals surface area contributed by atoms with Crippen LogP contribution in [0.1, 0.15) is 43.7 Å². The minimum absolute atomic E-state index is 0.163. The quantitative estimate of drug-likeness (QED) is 0.391. The van der Waals surface area contributed by atoms with E-state index in [-0.39, 0.29) is 5.91 Å². The molecule has 0 atom stereocenters. The Kier molecular flexibility index (Phi) is 6.91. The fourth-order valence-corrected chi connectivity index (χ4v) is 2.28. The standard InChI is InChI=1S/C18H28N4O/c1-3-19-18(21-13-15-8-5-4-7-14(15)2)20-12-6-9-17(23)22-16-10-11-16/h4-5,7-8,16H,3,6,9-13H2,1-2H3,(H,22,23)(H2,19,20,21).